The number of fused-ring (bicyclic) bond motifs is 1. The lowest BCUT2D eigenvalue weighted by atomic mass is 9.98. The number of amides is 1. The van der Waals surface area contributed by atoms with Gasteiger partial charge in [0.2, 0.25) is 15.9 Å². The van der Waals surface area contributed by atoms with Crippen molar-refractivity contribution in [2.24, 2.45) is 0 Å². The van der Waals surface area contributed by atoms with Crippen molar-refractivity contribution < 1.29 is 31.1 Å². The highest BCUT2D eigenvalue weighted by molar-refractivity contribution is 7.89. The Morgan fingerprint density at radius 1 is 1.00 bits per heavy atom. The minimum atomic E-state index is -4.65. The molecular weight excluding hydrogens is 531 g/mol. The summed E-state index contributed by atoms with van der Waals surface area (Å²) in [6.45, 7) is 3.68. The van der Waals surface area contributed by atoms with Crippen molar-refractivity contribution >= 4 is 15.9 Å². The van der Waals surface area contributed by atoms with E-state index in [9.17, 15) is 26.4 Å². The van der Waals surface area contributed by atoms with Crippen LogP contribution in [0.1, 0.15) is 67.7 Å². The normalized spacial score (nSPS) is 22.7. The fourth-order valence-corrected chi connectivity index (χ4v) is 7.56. The van der Waals surface area contributed by atoms with Crippen LogP contribution < -0.4 is 10.1 Å². The smallest absolute Gasteiger partial charge is 0.416 e. The van der Waals surface area contributed by atoms with Gasteiger partial charge in [-0.25, -0.2) is 8.42 Å². The minimum Gasteiger partial charge on any atom is -0.493 e. The molecule has 212 valence electrons. The number of nitrogens with one attached hydrogen (secondary N) is 1. The lowest BCUT2D eigenvalue weighted by Gasteiger charge is -2.30. The molecule has 2 atom stereocenters. The first-order valence-corrected chi connectivity index (χ1v) is 15.0. The second-order valence-corrected chi connectivity index (χ2v) is 12.5. The molecule has 3 heterocycles. The van der Waals surface area contributed by atoms with Gasteiger partial charge in [-0.2, -0.15) is 17.5 Å². The number of piperidine rings is 1. The number of carbonyl (C=O) groups is 1. The number of nitrogens with zero attached hydrogens (tertiary/aromatic N) is 2. The zero-order valence-electron chi connectivity index (χ0n) is 21.8. The van der Waals surface area contributed by atoms with Gasteiger partial charge in [0, 0.05) is 37.5 Å². The van der Waals surface area contributed by atoms with Gasteiger partial charge < -0.3 is 10.1 Å². The van der Waals surface area contributed by atoms with E-state index in [2.05, 4.69) is 16.3 Å². The molecule has 0 saturated carbocycles. The average molecular weight is 566 g/mol. The summed E-state index contributed by atoms with van der Waals surface area (Å²) in [6, 6.07) is 9.01. The molecule has 2 saturated heterocycles. The van der Waals surface area contributed by atoms with Crippen LogP contribution >= 0.6 is 0 Å². The third kappa shape index (κ3) is 6.41. The molecule has 0 spiro atoms. The molecule has 0 radical (unpaired) electrons. The van der Waals surface area contributed by atoms with E-state index < -0.39 is 32.7 Å². The Bertz CT molecular complexity index is 1300. The van der Waals surface area contributed by atoms with Gasteiger partial charge in [-0.3, -0.25) is 9.69 Å². The van der Waals surface area contributed by atoms with Crippen LogP contribution in [-0.4, -0.2) is 55.8 Å². The summed E-state index contributed by atoms with van der Waals surface area (Å²) in [5.74, 6) is 0.470. The molecule has 2 aromatic carbocycles. The Morgan fingerprint density at radius 3 is 2.56 bits per heavy atom. The topological polar surface area (TPSA) is 79.0 Å². The van der Waals surface area contributed by atoms with Crippen molar-refractivity contribution in [3.63, 3.8) is 0 Å². The SMILES string of the molecule is O=C(CC1CCCN1S(=O)(=O)c1cccc(C(F)(F)F)c1)N[C@H]1CCOc2cc(CN3CCCCC3)ccc21. The van der Waals surface area contributed by atoms with Crippen LogP contribution in [0, 0.1) is 0 Å². The molecule has 0 aromatic heterocycles. The Balaban J connectivity index is 1.24. The van der Waals surface area contributed by atoms with Gasteiger partial charge in [0.15, 0.2) is 0 Å². The summed E-state index contributed by atoms with van der Waals surface area (Å²) in [5.41, 5.74) is 1.05. The van der Waals surface area contributed by atoms with E-state index in [4.69, 9.17) is 4.74 Å². The molecule has 39 heavy (non-hydrogen) atoms. The standard InChI is InChI=1S/C28H34F3N3O4S/c29-28(30,31)21-6-4-8-23(17-21)39(36,37)34-14-5-7-22(34)18-27(35)32-25-11-15-38-26-16-20(9-10-24(25)26)19-33-12-2-1-3-13-33/h4,6,8-10,16-17,22,25H,1-3,5,7,11-15,18-19H2,(H,32,35)/t22?,25-/m0/s1. The van der Waals surface area contributed by atoms with Crippen LogP contribution in [0.5, 0.6) is 5.75 Å². The summed E-state index contributed by atoms with van der Waals surface area (Å²) in [7, 11) is -4.19. The lowest BCUT2D eigenvalue weighted by molar-refractivity contribution is -0.137. The Hall–Kier alpha value is -2.63. The van der Waals surface area contributed by atoms with Crippen LogP contribution in [0.4, 0.5) is 13.2 Å². The van der Waals surface area contributed by atoms with E-state index in [1.54, 1.807) is 0 Å². The predicted molar refractivity (Wildman–Crippen MR) is 140 cm³/mol. The van der Waals surface area contributed by atoms with E-state index in [1.165, 1.54) is 35.2 Å². The summed E-state index contributed by atoms with van der Waals surface area (Å²) >= 11 is 0. The highest BCUT2D eigenvalue weighted by Gasteiger charge is 2.38. The van der Waals surface area contributed by atoms with Crippen LogP contribution in [-0.2, 0) is 27.5 Å². The highest BCUT2D eigenvalue weighted by atomic mass is 32.2. The number of hydrogen-bond acceptors (Lipinski definition) is 5. The number of alkyl halides is 3. The van der Waals surface area contributed by atoms with Crippen molar-refractivity contribution in [3.8, 4) is 5.75 Å². The molecule has 1 amide bonds. The predicted octanol–water partition coefficient (Wildman–Crippen LogP) is 4.87. The highest BCUT2D eigenvalue weighted by Crippen LogP contribution is 2.35. The zero-order chi connectivity index (χ0) is 27.6. The maximum absolute atomic E-state index is 13.2. The minimum absolute atomic E-state index is 0.0576. The van der Waals surface area contributed by atoms with Gasteiger partial charge >= 0.3 is 6.18 Å². The molecule has 3 aliphatic heterocycles. The summed E-state index contributed by atoms with van der Waals surface area (Å²) in [6.07, 6.45) is 0.612. The van der Waals surface area contributed by atoms with E-state index in [-0.39, 0.29) is 24.9 Å². The number of likely N-dealkylation sites (tertiary alicyclic amines) is 1. The second-order valence-electron chi connectivity index (χ2n) is 10.6. The van der Waals surface area contributed by atoms with Gasteiger partial charge in [-0.05, 0) is 68.6 Å². The molecule has 1 N–H and O–H groups in total. The van der Waals surface area contributed by atoms with Crippen molar-refractivity contribution in [3.05, 3.63) is 59.2 Å². The largest absolute Gasteiger partial charge is 0.493 e. The third-order valence-electron chi connectivity index (χ3n) is 7.82. The number of sulfonamides is 1. The molecule has 2 aromatic rings. The summed E-state index contributed by atoms with van der Waals surface area (Å²) in [5, 5.41) is 3.04. The lowest BCUT2D eigenvalue weighted by Crippen LogP contribution is -2.40. The van der Waals surface area contributed by atoms with E-state index in [0.717, 1.165) is 43.1 Å². The van der Waals surface area contributed by atoms with E-state index in [1.807, 2.05) is 12.1 Å². The third-order valence-corrected chi connectivity index (χ3v) is 9.77. The molecule has 11 heteroatoms. The Labute approximate surface area is 227 Å². The summed E-state index contributed by atoms with van der Waals surface area (Å²) in [4.78, 5) is 15.1. The van der Waals surface area contributed by atoms with Crippen molar-refractivity contribution in [1.29, 1.82) is 0 Å². The number of carbonyl (C=O) groups excluding carboxylic acids is 1. The molecule has 5 rings (SSSR count). The van der Waals surface area contributed by atoms with Gasteiger partial charge in [0.25, 0.3) is 0 Å². The van der Waals surface area contributed by atoms with E-state index in [0.29, 0.717) is 31.9 Å². The average Bonchev–Trinajstić information content (AvgIpc) is 3.38. The molecule has 1 unspecified atom stereocenters. The molecule has 2 fully saturated rings. The maximum Gasteiger partial charge on any atom is 0.416 e. The van der Waals surface area contributed by atoms with Gasteiger partial charge in [-0.15, -0.1) is 0 Å². The van der Waals surface area contributed by atoms with Crippen LogP contribution in [0.25, 0.3) is 0 Å². The van der Waals surface area contributed by atoms with E-state index >= 15 is 0 Å². The first kappa shape index (κ1) is 27.9. The first-order chi connectivity index (χ1) is 18.6. The first-order valence-electron chi connectivity index (χ1n) is 13.6. The molecular formula is C28H34F3N3O4S. The second kappa shape index (κ2) is 11.5. The molecule has 7 nitrogen and oxygen atoms in total. The molecule has 0 aliphatic carbocycles. The fraction of sp³-hybridized carbons (Fsp3) is 0.536. The van der Waals surface area contributed by atoms with Gasteiger partial charge in [-0.1, -0.05) is 24.6 Å². The van der Waals surface area contributed by atoms with Crippen molar-refractivity contribution in [1.82, 2.24) is 14.5 Å². The van der Waals surface area contributed by atoms with Gasteiger partial charge in [0.1, 0.15) is 5.75 Å². The van der Waals surface area contributed by atoms with Crippen LogP contribution in [0.2, 0.25) is 0 Å². The Morgan fingerprint density at radius 2 is 1.79 bits per heavy atom. The Kier molecular flexibility index (Phi) is 8.21. The quantitative estimate of drug-likeness (QED) is 0.518. The summed E-state index contributed by atoms with van der Waals surface area (Å²) < 4.78 is 73.1. The number of rotatable bonds is 7. The van der Waals surface area contributed by atoms with Gasteiger partial charge in [0.05, 0.1) is 23.1 Å². The maximum atomic E-state index is 13.2. The monoisotopic (exact) mass is 565 g/mol. The molecule has 3 aliphatic rings. The zero-order valence-corrected chi connectivity index (χ0v) is 22.6. The number of halogens is 3. The van der Waals surface area contributed by atoms with Crippen molar-refractivity contribution in [2.75, 3.05) is 26.2 Å². The number of benzene rings is 2. The number of ether oxygens (including phenoxy) is 1. The number of hydrogen-bond donors (Lipinski definition) is 1. The fourth-order valence-electron chi connectivity index (χ4n) is 5.82. The molecule has 0 bridgehead atoms. The van der Waals surface area contributed by atoms with Crippen molar-refractivity contribution in [2.45, 2.75) is 74.6 Å². The van der Waals surface area contributed by atoms with Crippen LogP contribution in [0.3, 0.4) is 0 Å². The van der Waals surface area contributed by atoms with Crippen LogP contribution in [0.15, 0.2) is 47.4 Å².